The van der Waals surface area contributed by atoms with Crippen LogP contribution in [0.15, 0.2) is 102 Å². The van der Waals surface area contributed by atoms with Crippen LogP contribution in [0.4, 0.5) is 24.5 Å². The fourth-order valence-corrected chi connectivity index (χ4v) is 6.71. The van der Waals surface area contributed by atoms with Crippen molar-refractivity contribution in [2.45, 2.75) is 24.5 Å². The largest absolute Gasteiger partial charge is 0.416 e. The fourth-order valence-electron chi connectivity index (χ4n) is 5.02. The van der Waals surface area contributed by atoms with Gasteiger partial charge in [0, 0.05) is 42.5 Å². The Morgan fingerprint density at radius 2 is 1.53 bits per heavy atom. The van der Waals surface area contributed by atoms with Crippen LogP contribution in [0.3, 0.4) is 0 Å². The number of halogens is 4. The maximum atomic E-state index is 13.7. The first-order valence-corrected chi connectivity index (χ1v) is 15.4. The Morgan fingerprint density at radius 1 is 0.860 bits per heavy atom. The van der Waals surface area contributed by atoms with Gasteiger partial charge in [-0.15, -0.1) is 0 Å². The van der Waals surface area contributed by atoms with Crippen molar-refractivity contribution < 1.29 is 26.4 Å². The average Bonchev–Trinajstić information content (AvgIpc) is 3.01. The van der Waals surface area contributed by atoms with Gasteiger partial charge in [0.1, 0.15) is 0 Å². The summed E-state index contributed by atoms with van der Waals surface area (Å²) in [6.45, 7) is 3.34. The zero-order valence-corrected chi connectivity index (χ0v) is 24.8. The molecule has 0 bridgehead atoms. The van der Waals surface area contributed by atoms with Crippen LogP contribution < -0.4 is 9.21 Å². The molecule has 224 valence electrons. The zero-order valence-electron chi connectivity index (χ0n) is 23.3. The molecule has 1 aliphatic rings. The standard InChI is InChI=1S/C32H29ClF3N3O3S/c1-23-10-15-27(33)21-30(23)39(43(41,42)29-8-3-2-4-9-29)22-24-11-13-25(14-12-24)31(40)38-18-16-37(17-19-38)28-7-5-6-26(20-28)32(34,35)36/h2-15,20-21H,16-19,22H2,1H3. The molecular formula is C32H29ClF3N3O3S. The molecule has 0 N–H and O–H groups in total. The molecule has 0 unspecified atom stereocenters. The van der Waals surface area contributed by atoms with Crippen LogP contribution in [0.2, 0.25) is 5.02 Å². The molecule has 1 heterocycles. The van der Waals surface area contributed by atoms with Gasteiger partial charge in [-0.05, 0) is 72.6 Å². The van der Waals surface area contributed by atoms with E-state index in [0.29, 0.717) is 53.7 Å². The van der Waals surface area contributed by atoms with Gasteiger partial charge in [-0.1, -0.05) is 54.1 Å². The van der Waals surface area contributed by atoms with Gasteiger partial charge in [0.15, 0.2) is 0 Å². The Hall–Kier alpha value is -4.02. The molecule has 0 spiro atoms. The highest BCUT2D eigenvalue weighted by molar-refractivity contribution is 7.92. The molecule has 4 aromatic rings. The molecule has 6 nitrogen and oxygen atoms in total. The van der Waals surface area contributed by atoms with Crippen molar-refractivity contribution in [3.05, 3.63) is 124 Å². The summed E-state index contributed by atoms with van der Waals surface area (Å²) in [7, 11) is -3.94. The number of benzene rings is 4. The smallest absolute Gasteiger partial charge is 0.368 e. The number of amides is 1. The topological polar surface area (TPSA) is 60.9 Å². The summed E-state index contributed by atoms with van der Waals surface area (Å²) in [4.78, 5) is 16.9. The summed E-state index contributed by atoms with van der Waals surface area (Å²) in [6, 6.07) is 25.2. The number of anilines is 2. The molecular weight excluding hydrogens is 599 g/mol. The van der Waals surface area contributed by atoms with Gasteiger partial charge in [0.2, 0.25) is 0 Å². The van der Waals surface area contributed by atoms with Gasteiger partial charge in [0.25, 0.3) is 15.9 Å². The van der Waals surface area contributed by atoms with E-state index in [9.17, 15) is 26.4 Å². The van der Waals surface area contributed by atoms with Crippen LogP contribution in [0.5, 0.6) is 0 Å². The molecule has 4 aromatic carbocycles. The monoisotopic (exact) mass is 627 g/mol. The SMILES string of the molecule is Cc1ccc(Cl)cc1N(Cc1ccc(C(=O)N2CCN(c3cccc(C(F)(F)F)c3)CC2)cc1)S(=O)(=O)c1ccccc1. The van der Waals surface area contributed by atoms with E-state index in [0.717, 1.165) is 17.7 Å². The Labute approximate surface area is 254 Å². The van der Waals surface area contributed by atoms with E-state index in [1.54, 1.807) is 71.6 Å². The lowest BCUT2D eigenvalue weighted by Crippen LogP contribution is -2.48. The summed E-state index contributed by atoms with van der Waals surface area (Å²) < 4.78 is 68.2. The van der Waals surface area contributed by atoms with Crippen molar-refractivity contribution in [3.8, 4) is 0 Å². The lowest BCUT2D eigenvalue weighted by atomic mass is 10.1. The number of piperazine rings is 1. The number of nitrogens with zero attached hydrogens (tertiary/aromatic N) is 3. The molecule has 5 rings (SSSR count). The number of rotatable bonds is 7. The summed E-state index contributed by atoms with van der Waals surface area (Å²) in [5.74, 6) is -0.199. The van der Waals surface area contributed by atoms with Gasteiger partial charge in [-0.2, -0.15) is 13.2 Å². The van der Waals surface area contributed by atoms with Crippen LogP contribution >= 0.6 is 11.6 Å². The third-order valence-electron chi connectivity index (χ3n) is 7.40. The van der Waals surface area contributed by atoms with Gasteiger partial charge in [-0.25, -0.2) is 8.42 Å². The summed E-state index contributed by atoms with van der Waals surface area (Å²) in [6.07, 6.45) is -4.42. The van der Waals surface area contributed by atoms with E-state index < -0.39 is 21.8 Å². The quantitative estimate of drug-likeness (QED) is 0.221. The van der Waals surface area contributed by atoms with E-state index in [4.69, 9.17) is 11.6 Å². The van der Waals surface area contributed by atoms with Crippen LogP contribution in [0.25, 0.3) is 0 Å². The van der Waals surface area contributed by atoms with Crippen LogP contribution in [-0.2, 0) is 22.7 Å². The number of alkyl halides is 3. The Morgan fingerprint density at radius 3 is 2.19 bits per heavy atom. The highest BCUT2D eigenvalue weighted by Crippen LogP contribution is 2.33. The Bertz CT molecular complexity index is 1710. The van der Waals surface area contributed by atoms with Crippen molar-refractivity contribution in [2.24, 2.45) is 0 Å². The normalized spacial score (nSPS) is 14.1. The van der Waals surface area contributed by atoms with Gasteiger partial charge < -0.3 is 9.80 Å². The molecule has 0 aromatic heterocycles. The minimum Gasteiger partial charge on any atom is -0.368 e. The third kappa shape index (κ3) is 6.81. The second-order valence-electron chi connectivity index (χ2n) is 10.3. The van der Waals surface area contributed by atoms with E-state index in [1.165, 1.54) is 22.5 Å². The van der Waals surface area contributed by atoms with Crippen LogP contribution in [0, 0.1) is 6.92 Å². The summed E-state index contributed by atoms with van der Waals surface area (Å²) in [5, 5.41) is 0.406. The van der Waals surface area contributed by atoms with Crippen molar-refractivity contribution in [3.63, 3.8) is 0 Å². The number of hydrogen-bond donors (Lipinski definition) is 0. The van der Waals surface area contributed by atoms with Gasteiger partial charge >= 0.3 is 6.18 Å². The number of aryl methyl sites for hydroxylation is 1. The lowest BCUT2D eigenvalue weighted by molar-refractivity contribution is -0.137. The first kappa shape index (κ1) is 30.4. The zero-order chi connectivity index (χ0) is 30.8. The highest BCUT2D eigenvalue weighted by Gasteiger charge is 2.31. The number of carbonyl (C=O) groups is 1. The maximum Gasteiger partial charge on any atom is 0.416 e. The fraction of sp³-hybridized carbons (Fsp3) is 0.219. The van der Waals surface area contributed by atoms with Crippen LogP contribution in [0.1, 0.15) is 27.0 Å². The second-order valence-corrected chi connectivity index (χ2v) is 12.6. The van der Waals surface area contributed by atoms with Crippen molar-refractivity contribution in [1.82, 2.24) is 4.90 Å². The summed E-state index contributed by atoms with van der Waals surface area (Å²) in [5.41, 5.74) is 2.06. The molecule has 11 heteroatoms. The molecule has 0 aliphatic carbocycles. The second kappa shape index (κ2) is 12.3. The predicted molar refractivity (Wildman–Crippen MR) is 162 cm³/mol. The van der Waals surface area contributed by atoms with Gasteiger partial charge in [-0.3, -0.25) is 9.10 Å². The van der Waals surface area contributed by atoms with E-state index in [1.807, 2.05) is 11.8 Å². The molecule has 0 saturated carbocycles. The average molecular weight is 628 g/mol. The number of hydrogen-bond acceptors (Lipinski definition) is 4. The van der Waals surface area contributed by atoms with Crippen molar-refractivity contribution in [2.75, 3.05) is 35.4 Å². The first-order valence-electron chi connectivity index (χ1n) is 13.6. The Balaban J connectivity index is 1.31. The van der Waals surface area contributed by atoms with Crippen molar-refractivity contribution >= 4 is 38.9 Å². The third-order valence-corrected chi connectivity index (χ3v) is 9.41. The van der Waals surface area contributed by atoms with Crippen LogP contribution in [-0.4, -0.2) is 45.4 Å². The summed E-state index contributed by atoms with van der Waals surface area (Å²) >= 11 is 6.25. The molecule has 0 radical (unpaired) electrons. The predicted octanol–water partition coefficient (Wildman–Crippen LogP) is 7.03. The van der Waals surface area contributed by atoms with E-state index in [-0.39, 0.29) is 17.3 Å². The minimum atomic E-state index is -4.42. The molecule has 1 saturated heterocycles. The molecule has 43 heavy (non-hydrogen) atoms. The minimum absolute atomic E-state index is 0.0164. The maximum absolute atomic E-state index is 13.7. The highest BCUT2D eigenvalue weighted by atomic mass is 35.5. The first-order chi connectivity index (χ1) is 20.4. The molecule has 1 aliphatic heterocycles. The number of carbonyl (C=O) groups excluding carboxylic acids is 1. The van der Waals surface area contributed by atoms with E-state index >= 15 is 0 Å². The van der Waals surface area contributed by atoms with Gasteiger partial charge in [0.05, 0.1) is 22.7 Å². The van der Waals surface area contributed by atoms with Crippen molar-refractivity contribution in [1.29, 1.82) is 0 Å². The number of sulfonamides is 1. The molecule has 0 atom stereocenters. The Kier molecular flexibility index (Phi) is 8.71. The lowest BCUT2D eigenvalue weighted by Gasteiger charge is -2.36. The molecule has 1 fully saturated rings. The molecule has 1 amide bonds. The van der Waals surface area contributed by atoms with E-state index in [2.05, 4.69) is 0 Å².